The van der Waals surface area contributed by atoms with Crippen LogP contribution in [-0.4, -0.2) is 23.4 Å². The largest absolute Gasteiger partial charge is 0.319 e. The Bertz CT molecular complexity index is 483. The Balaban J connectivity index is 1.84. The highest BCUT2D eigenvalue weighted by Gasteiger charge is 2.36. The van der Waals surface area contributed by atoms with Crippen LogP contribution in [0.2, 0.25) is 0 Å². The van der Waals surface area contributed by atoms with Crippen molar-refractivity contribution in [3.63, 3.8) is 0 Å². The van der Waals surface area contributed by atoms with E-state index in [4.69, 9.17) is 0 Å². The third-order valence-corrected chi connectivity index (χ3v) is 4.40. The van der Waals surface area contributed by atoms with Crippen molar-refractivity contribution in [2.75, 3.05) is 6.54 Å². The van der Waals surface area contributed by atoms with E-state index < -0.39 is 0 Å². The number of carbonyl (C=O) groups is 1. The maximum Gasteiger partial charge on any atom is 0.238 e. The molecule has 1 atom stereocenters. The Labute approximate surface area is 119 Å². The molecule has 1 saturated carbocycles. The SMILES string of the molecule is O=C1CNC(c2cccc(F)c2)N1C1CCCCCC1. The second-order valence-corrected chi connectivity index (χ2v) is 5.78. The van der Waals surface area contributed by atoms with Crippen LogP contribution in [-0.2, 0) is 4.79 Å². The fourth-order valence-electron chi connectivity index (χ4n) is 3.42. The molecular formula is C16H21FN2O. The quantitative estimate of drug-likeness (QED) is 0.842. The molecule has 1 heterocycles. The predicted octanol–water partition coefficient (Wildman–Crippen LogP) is 2.98. The van der Waals surface area contributed by atoms with Crippen LogP contribution in [0.5, 0.6) is 0 Å². The van der Waals surface area contributed by atoms with Gasteiger partial charge in [-0.15, -0.1) is 0 Å². The number of amides is 1. The first-order valence-corrected chi connectivity index (χ1v) is 7.56. The molecule has 1 aliphatic carbocycles. The number of hydrogen-bond acceptors (Lipinski definition) is 2. The van der Waals surface area contributed by atoms with Crippen LogP contribution >= 0.6 is 0 Å². The fraction of sp³-hybridized carbons (Fsp3) is 0.562. The molecule has 0 spiro atoms. The molecule has 1 saturated heterocycles. The monoisotopic (exact) mass is 276 g/mol. The Morgan fingerprint density at radius 2 is 1.90 bits per heavy atom. The van der Waals surface area contributed by atoms with Crippen molar-refractivity contribution in [3.05, 3.63) is 35.6 Å². The second-order valence-electron chi connectivity index (χ2n) is 5.78. The lowest BCUT2D eigenvalue weighted by Crippen LogP contribution is -2.39. The van der Waals surface area contributed by atoms with Crippen molar-refractivity contribution in [1.29, 1.82) is 0 Å². The van der Waals surface area contributed by atoms with E-state index in [1.807, 2.05) is 11.0 Å². The Kier molecular flexibility index (Phi) is 4.01. The molecule has 1 aromatic rings. The summed E-state index contributed by atoms with van der Waals surface area (Å²) in [6.45, 7) is 0.359. The third-order valence-electron chi connectivity index (χ3n) is 4.40. The van der Waals surface area contributed by atoms with Gasteiger partial charge in [-0.05, 0) is 30.5 Å². The van der Waals surface area contributed by atoms with Crippen LogP contribution in [0, 0.1) is 5.82 Å². The molecule has 1 aromatic carbocycles. The molecule has 108 valence electrons. The molecule has 20 heavy (non-hydrogen) atoms. The van der Waals surface area contributed by atoms with Crippen LogP contribution in [0.15, 0.2) is 24.3 Å². The van der Waals surface area contributed by atoms with Crippen LogP contribution in [0.4, 0.5) is 4.39 Å². The van der Waals surface area contributed by atoms with Gasteiger partial charge in [-0.2, -0.15) is 0 Å². The molecule has 1 amide bonds. The molecule has 1 unspecified atom stereocenters. The van der Waals surface area contributed by atoms with Gasteiger partial charge in [0.25, 0.3) is 0 Å². The number of benzene rings is 1. The lowest BCUT2D eigenvalue weighted by Gasteiger charge is -2.32. The summed E-state index contributed by atoms with van der Waals surface area (Å²) < 4.78 is 13.4. The zero-order chi connectivity index (χ0) is 13.9. The van der Waals surface area contributed by atoms with Gasteiger partial charge >= 0.3 is 0 Å². The number of hydrogen-bond donors (Lipinski definition) is 1. The van der Waals surface area contributed by atoms with Crippen LogP contribution in [0.25, 0.3) is 0 Å². The first kappa shape index (κ1) is 13.6. The molecule has 1 N–H and O–H groups in total. The highest BCUT2D eigenvalue weighted by Crippen LogP contribution is 2.31. The van der Waals surface area contributed by atoms with E-state index in [1.54, 1.807) is 6.07 Å². The summed E-state index contributed by atoms with van der Waals surface area (Å²) in [5, 5.41) is 3.23. The highest BCUT2D eigenvalue weighted by atomic mass is 19.1. The molecule has 0 bridgehead atoms. The van der Waals surface area contributed by atoms with Crippen molar-refractivity contribution in [2.45, 2.75) is 50.7 Å². The summed E-state index contributed by atoms with van der Waals surface area (Å²) in [7, 11) is 0. The standard InChI is InChI=1S/C16H21FN2O/c17-13-7-5-6-12(10-13)16-18-11-15(20)19(16)14-8-3-1-2-4-9-14/h5-7,10,14,16,18H,1-4,8-9,11H2. The normalized spacial score (nSPS) is 24.9. The smallest absolute Gasteiger partial charge is 0.238 e. The maximum absolute atomic E-state index is 13.4. The van der Waals surface area contributed by atoms with E-state index >= 15 is 0 Å². The third kappa shape index (κ3) is 2.70. The second kappa shape index (κ2) is 5.92. The maximum atomic E-state index is 13.4. The van der Waals surface area contributed by atoms with Crippen molar-refractivity contribution >= 4 is 5.91 Å². The highest BCUT2D eigenvalue weighted by molar-refractivity contribution is 5.81. The van der Waals surface area contributed by atoms with Crippen molar-refractivity contribution < 1.29 is 9.18 Å². The summed E-state index contributed by atoms with van der Waals surface area (Å²) in [4.78, 5) is 14.2. The number of carbonyl (C=O) groups excluding carboxylic acids is 1. The number of nitrogens with zero attached hydrogens (tertiary/aromatic N) is 1. The molecule has 2 fully saturated rings. The van der Waals surface area contributed by atoms with E-state index in [1.165, 1.54) is 37.8 Å². The van der Waals surface area contributed by atoms with E-state index in [-0.39, 0.29) is 17.9 Å². The number of rotatable bonds is 2. The Morgan fingerprint density at radius 3 is 2.60 bits per heavy atom. The van der Waals surface area contributed by atoms with E-state index in [0.29, 0.717) is 12.6 Å². The number of nitrogens with one attached hydrogen (secondary N) is 1. The lowest BCUT2D eigenvalue weighted by atomic mass is 10.0. The van der Waals surface area contributed by atoms with Gasteiger partial charge in [-0.25, -0.2) is 4.39 Å². The van der Waals surface area contributed by atoms with Gasteiger partial charge in [0.2, 0.25) is 5.91 Å². The van der Waals surface area contributed by atoms with Crippen LogP contribution in [0.1, 0.15) is 50.3 Å². The molecule has 2 aliphatic rings. The van der Waals surface area contributed by atoms with Gasteiger partial charge in [0.1, 0.15) is 12.0 Å². The topological polar surface area (TPSA) is 32.3 Å². The van der Waals surface area contributed by atoms with Crippen molar-refractivity contribution in [1.82, 2.24) is 10.2 Å². The summed E-state index contributed by atoms with van der Waals surface area (Å²) in [5.41, 5.74) is 0.847. The van der Waals surface area contributed by atoms with E-state index in [2.05, 4.69) is 5.32 Å². The van der Waals surface area contributed by atoms with Crippen molar-refractivity contribution in [2.24, 2.45) is 0 Å². The molecule has 3 rings (SSSR count). The van der Waals surface area contributed by atoms with E-state index in [9.17, 15) is 9.18 Å². The number of halogens is 1. The van der Waals surface area contributed by atoms with Crippen LogP contribution < -0.4 is 5.32 Å². The van der Waals surface area contributed by atoms with Gasteiger partial charge in [-0.1, -0.05) is 37.8 Å². The summed E-state index contributed by atoms with van der Waals surface area (Å²) in [6, 6.07) is 6.87. The predicted molar refractivity (Wildman–Crippen MR) is 75.5 cm³/mol. The first-order chi connectivity index (χ1) is 9.75. The lowest BCUT2D eigenvalue weighted by molar-refractivity contribution is -0.130. The Hall–Kier alpha value is -1.42. The molecule has 3 nitrogen and oxygen atoms in total. The average Bonchev–Trinajstić information content (AvgIpc) is 2.66. The molecule has 0 aromatic heterocycles. The van der Waals surface area contributed by atoms with Crippen molar-refractivity contribution in [3.8, 4) is 0 Å². The van der Waals surface area contributed by atoms with Crippen LogP contribution in [0.3, 0.4) is 0 Å². The van der Waals surface area contributed by atoms with Gasteiger partial charge in [0.15, 0.2) is 0 Å². The van der Waals surface area contributed by atoms with E-state index in [0.717, 1.165) is 18.4 Å². The summed E-state index contributed by atoms with van der Waals surface area (Å²) in [5.74, 6) is -0.101. The fourth-order valence-corrected chi connectivity index (χ4v) is 3.42. The zero-order valence-electron chi connectivity index (χ0n) is 11.6. The summed E-state index contributed by atoms with van der Waals surface area (Å²) >= 11 is 0. The molecular weight excluding hydrogens is 255 g/mol. The minimum absolute atomic E-state index is 0.145. The zero-order valence-corrected chi connectivity index (χ0v) is 11.6. The first-order valence-electron chi connectivity index (χ1n) is 7.56. The summed E-state index contributed by atoms with van der Waals surface area (Å²) in [6.07, 6.45) is 6.86. The average molecular weight is 276 g/mol. The Morgan fingerprint density at radius 1 is 1.15 bits per heavy atom. The minimum Gasteiger partial charge on any atom is -0.319 e. The molecule has 4 heteroatoms. The molecule has 0 radical (unpaired) electrons. The molecule has 1 aliphatic heterocycles. The van der Waals surface area contributed by atoms with Gasteiger partial charge in [0.05, 0.1) is 6.54 Å². The van der Waals surface area contributed by atoms with Gasteiger partial charge < -0.3 is 4.90 Å². The van der Waals surface area contributed by atoms with Gasteiger partial charge in [-0.3, -0.25) is 10.1 Å². The van der Waals surface area contributed by atoms with Gasteiger partial charge in [0, 0.05) is 6.04 Å². The minimum atomic E-state index is -0.246.